The highest BCUT2D eigenvalue weighted by Crippen LogP contribution is 2.40. The van der Waals surface area contributed by atoms with Crippen molar-refractivity contribution in [3.05, 3.63) is 11.7 Å². The van der Waals surface area contributed by atoms with Crippen LogP contribution >= 0.6 is 0 Å². The second kappa shape index (κ2) is 5.13. The predicted octanol–water partition coefficient (Wildman–Crippen LogP) is 1.48. The van der Waals surface area contributed by atoms with E-state index in [2.05, 4.69) is 15.5 Å². The van der Waals surface area contributed by atoms with Crippen LogP contribution in [0.15, 0.2) is 4.52 Å². The quantitative estimate of drug-likeness (QED) is 0.823. The molecular weight excluding hydrogens is 274 g/mol. The second-order valence-corrected chi connectivity index (χ2v) is 6.28. The maximum Gasteiger partial charge on any atom is 0.307 e. The molecule has 2 N–H and O–H groups in total. The summed E-state index contributed by atoms with van der Waals surface area (Å²) < 4.78 is 5.27. The van der Waals surface area contributed by atoms with Crippen LogP contribution < -0.4 is 5.32 Å². The molecule has 0 unspecified atom stereocenters. The lowest BCUT2D eigenvalue weighted by molar-refractivity contribution is -0.140. The first-order valence-corrected chi connectivity index (χ1v) is 7.34. The zero-order valence-electron chi connectivity index (χ0n) is 12.1. The van der Waals surface area contributed by atoms with Gasteiger partial charge in [-0.05, 0) is 25.2 Å². The number of carboxylic acid groups (broad SMARTS) is 1. The predicted molar refractivity (Wildman–Crippen MR) is 71.2 cm³/mol. The molecule has 0 aliphatic heterocycles. The van der Waals surface area contributed by atoms with Crippen LogP contribution in [0.4, 0.5) is 0 Å². The molecule has 21 heavy (non-hydrogen) atoms. The van der Waals surface area contributed by atoms with Crippen molar-refractivity contribution in [3.63, 3.8) is 0 Å². The number of carboxylic acids is 1. The monoisotopic (exact) mass is 293 g/mol. The summed E-state index contributed by atoms with van der Waals surface area (Å²) in [5, 5.41) is 15.7. The standard InChI is InChI=1S/C14H19N3O4/c1-6(2)10(13-16-11(17-21-13)7-3-4-7)15-12(18)8-5-9(8)14(19)20/h6-10H,3-5H2,1-2H3,(H,15,18)(H,19,20)/t8-,9+,10+/m1/s1. The van der Waals surface area contributed by atoms with Crippen molar-refractivity contribution in [3.8, 4) is 0 Å². The van der Waals surface area contributed by atoms with Crippen LogP contribution in [0.2, 0.25) is 0 Å². The van der Waals surface area contributed by atoms with Gasteiger partial charge >= 0.3 is 5.97 Å². The minimum atomic E-state index is -0.912. The van der Waals surface area contributed by atoms with Gasteiger partial charge in [-0.15, -0.1) is 0 Å². The van der Waals surface area contributed by atoms with E-state index in [1.54, 1.807) is 0 Å². The lowest BCUT2D eigenvalue weighted by atomic mass is 10.0. The number of carbonyl (C=O) groups is 2. The molecule has 7 heteroatoms. The summed E-state index contributed by atoms with van der Waals surface area (Å²) in [5.74, 6) is -0.545. The van der Waals surface area contributed by atoms with Gasteiger partial charge in [0.1, 0.15) is 6.04 Å². The number of nitrogens with zero attached hydrogens (tertiary/aromatic N) is 2. The van der Waals surface area contributed by atoms with E-state index < -0.39 is 17.8 Å². The van der Waals surface area contributed by atoms with Gasteiger partial charge in [-0.3, -0.25) is 9.59 Å². The van der Waals surface area contributed by atoms with Crippen molar-refractivity contribution in [2.24, 2.45) is 17.8 Å². The number of aliphatic carboxylic acids is 1. The van der Waals surface area contributed by atoms with E-state index in [1.165, 1.54) is 0 Å². The van der Waals surface area contributed by atoms with E-state index >= 15 is 0 Å². The van der Waals surface area contributed by atoms with E-state index in [0.29, 0.717) is 24.1 Å². The zero-order valence-corrected chi connectivity index (χ0v) is 12.1. The van der Waals surface area contributed by atoms with Crippen molar-refractivity contribution in [2.45, 2.75) is 45.1 Å². The molecule has 3 atom stereocenters. The first-order chi connectivity index (χ1) is 9.97. The van der Waals surface area contributed by atoms with E-state index in [-0.39, 0.29) is 17.9 Å². The molecule has 0 aromatic carbocycles. The molecule has 1 aromatic rings. The van der Waals surface area contributed by atoms with E-state index in [9.17, 15) is 9.59 Å². The molecule has 1 aromatic heterocycles. The summed E-state index contributed by atoms with van der Waals surface area (Å²) in [4.78, 5) is 27.3. The van der Waals surface area contributed by atoms with Gasteiger partial charge < -0.3 is 14.9 Å². The Hall–Kier alpha value is -1.92. The minimum absolute atomic E-state index is 0.0866. The third-order valence-corrected chi connectivity index (χ3v) is 4.07. The molecule has 2 fully saturated rings. The maximum absolute atomic E-state index is 12.1. The zero-order chi connectivity index (χ0) is 15.1. The SMILES string of the molecule is CC(C)[C@H](NC(=O)[C@@H]1C[C@@H]1C(=O)O)c1nc(C2CC2)no1. The van der Waals surface area contributed by atoms with E-state index in [1.807, 2.05) is 13.8 Å². The Morgan fingerprint density at radius 1 is 1.33 bits per heavy atom. The maximum atomic E-state index is 12.1. The molecule has 114 valence electrons. The highest BCUT2D eigenvalue weighted by Gasteiger charge is 2.49. The molecule has 0 spiro atoms. The fourth-order valence-electron chi connectivity index (χ4n) is 2.41. The summed E-state index contributed by atoms with van der Waals surface area (Å²) in [7, 11) is 0. The van der Waals surface area contributed by atoms with Crippen LogP contribution in [0, 0.1) is 17.8 Å². The highest BCUT2D eigenvalue weighted by atomic mass is 16.5. The largest absolute Gasteiger partial charge is 0.481 e. The number of hydrogen-bond donors (Lipinski definition) is 2. The van der Waals surface area contributed by atoms with Crippen molar-refractivity contribution in [1.29, 1.82) is 0 Å². The first-order valence-electron chi connectivity index (χ1n) is 7.34. The van der Waals surface area contributed by atoms with Crippen LogP contribution in [0.1, 0.15) is 56.8 Å². The summed E-state index contributed by atoms with van der Waals surface area (Å²) in [6.07, 6.45) is 2.57. The normalized spacial score (nSPS) is 25.7. The van der Waals surface area contributed by atoms with Crippen LogP contribution in [-0.4, -0.2) is 27.1 Å². The summed E-state index contributed by atoms with van der Waals surface area (Å²) in [5.41, 5.74) is 0. The summed E-state index contributed by atoms with van der Waals surface area (Å²) >= 11 is 0. The number of amides is 1. The molecule has 3 rings (SSSR count). The van der Waals surface area contributed by atoms with Gasteiger partial charge in [-0.25, -0.2) is 0 Å². The van der Waals surface area contributed by atoms with Crippen molar-refractivity contribution >= 4 is 11.9 Å². The Morgan fingerprint density at radius 3 is 2.57 bits per heavy atom. The molecule has 1 amide bonds. The number of nitrogens with one attached hydrogen (secondary N) is 1. The summed E-state index contributed by atoms with van der Waals surface area (Å²) in [6.45, 7) is 3.90. The van der Waals surface area contributed by atoms with Crippen LogP contribution in [-0.2, 0) is 9.59 Å². The molecule has 0 radical (unpaired) electrons. The second-order valence-electron chi connectivity index (χ2n) is 6.28. The van der Waals surface area contributed by atoms with Crippen LogP contribution in [0.5, 0.6) is 0 Å². The smallest absolute Gasteiger partial charge is 0.307 e. The molecule has 0 bridgehead atoms. The van der Waals surface area contributed by atoms with E-state index in [0.717, 1.165) is 12.8 Å². The third-order valence-electron chi connectivity index (χ3n) is 4.07. The van der Waals surface area contributed by atoms with Crippen LogP contribution in [0.3, 0.4) is 0 Å². The van der Waals surface area contributed by atoms with Gasteiger partial charge in [0, 0.05) is 5.92 Å². The van der Waals surface area contributed by atoms with E-state index in [4.69, 9.17) is 9.63 Å². The van der Waals surface area contributed by atoms with Crippen molar-refractivity contribution in [2.75, 3.05) is 0 Å². The number of hydrogen-bond acceptors (Lipinski definition) is 5. The van der Waals surface area contributed by atoms with Gasteiger partial charge in [0.15, 0.2) is 5.82 Å². The Kier molecular flexibility index (Phi) is 3.43. The molecular formula is C14H19N3O4. The van der Waals surface area contributed by atoms with Gasteiger partial charge in [0.25, 0.3) is 0 Å². The molecule has 2 saturated carbocycles. The molecule has 2 aliphatic carbocycles. The molecule has 1 heterocycles. The van der Waals surface area contributed by atoms with Crippen LogP contribution in [0.25, 0.3) is 0 Å². The number of carbonyl (C=O) groups excluding carboxylic acids is 1. The third kappa shape index (κ3) is 2.91. The average molecular weight is 293 g/mol. The Balaban J connectivity index is 1.66. The first kappa shape index (κ1) is 14.0. The van der Waals surface area contributed by atoms with Gasteiger partial charge in [0.05, 0.1) is 11.8 Å². The minimum Gasteiger partial charge on any atom is -0.481 e. The van der Waals surface area contributed by atoms with Gasteiger partial charge in [-0.2, -0.15) is 4.98 Å². The van der Waals surface area contributed by atoms with Gasteiger partial charge in [-0.1, -0.05) is 19.0 Å². The molecule has 2 aliphatic rings. The Labute approximate surface area is 122 Å². The molecule has 0 saturated heterocycles. The van der Waals surface area contributed by atoms with Crippen molar-refractivity contribution in [1.82, 2.24) is 15.5 Å². The average Bonchev–Trinajstić information content (AvgIpc) is 3.32. The van der Waals surface area contributed by atoms with Gasteiger partial charge in [0.2, 0.25) is 11.8 Å². The summed E-state index contributed by atoms with van der Waals surface area (Å²) in [6, 6.07) is -0.368. The number of rotatable bonds is 6. The lowest BCUT2D eigenvalue weighted by Gasteiger charge is -2.18. The Morgan fingerprint density at radius 2 is 2.05 bits per heavy atom. The topological polar surface area (TPSA) is 105 Å². The lowest BCUT2D eigenvalue weighted by Crippen LogP contribution is -2.33. The number of aromatic nitrogens is 2. The van der Waals surface area contributed by atoms with Crippen molar-refractivity contribution < 1.29 is 19.2 Å². The fraction of sp³-hybridized carbons (Fsp3) is 0.714. The highest BCUT2D eigenvalue weighted by molar-refractivity contribution is 5.89. The molecule has 7 nitrogen and oxygen atoms in total. The fourth-order valence-corrected chi connectivity index (χ4v) is 2.41. The Bertz CT molecular complexity index is 564.